The van der Waals surface area contributed by atoms with Gasteiger partial charge in [0.25, 0.3) is 0 Å². The highest BCUT2D eigenvalue weighted by Crippen LogP contribution is 2.17. The van der Waals surface area contributed by atoms with E-state index in [0.29, 0.717) is 25.0 Å². The number of benzene rings is 1. The van der Waals surface area contributed by atoms with Crippen LogP contribution in [-0.2, 0) is 30.7 Å². The molecule has 0 aliphatic carbocycles. The largest absolute Gasteiger partial charge is 0.347 e. The van der Waals surface area contributed by atoms with E-state index in [-0.39, 0.29) is 5.91 Å². The molecule has 25 heavy (non-hydrogen) atoms. The van der Waals surface area contributed by atoms with Gasteiger partial charge in [-0.2, -0.15) is 0 Å². The molecule has 1 amide bonds. The van der Waals surface area contributed by atoms with Crippen LogP contribution in [0.15, 0.2) is 67.8 Å². The topological polar surface area (TPSA) is 46.9 Å². The average Bonchev–Trinajstić information content (AvgIpc) is 2.91. The van der Waals surface area contributed by atoms with Crippen LogP contribution in [0.2, 0.25) is 0 Å². The molecule has 130 valence electrons. The fourth-order valence-corrected chi connectivity index (χ4v) is 2.65. The van der Waals surface area contributed by atoms with Crippen molar-refractivity contribution in [3.05, 3.63) is 90.6 Å². The third-order valence-corrected chi connectivity index (χ3v) is 3.89. The van der Waals surface area contributed by atoms with E-state index in [1.165, 1.54) is 5.56 Å². The lowest BCUT2D eigenvalue weighted by Crippen LogP contribution is -2.24. The highest BCUT2D eigenvalue weighted by Gasteiger charge is 2.16. The smallest absolute Gasteiger partial charge is 0.246 e. The molecule has 0 spiro atoms. The standard InChI is InChI=1S/C21H25N3O/c1-5-10-19-18(14-22-21(25)16(3)4)23-20(11-6-2)24(19)15-17-12-8-7-9-13-17/h5-9,12-13H,1-3,10-11,14-15H2,4H3,(H,22,25). The number of aromatic nitrogens is 2. The van der Waals surface area contributed by atoms with Gasteiger partial charge in [-0.15, -0.1) is 13.2 Å². The Kier molecular flexibility index (Phi) is 6.52. The summed E-state index contributed by atoms with van der Waals surface area (Å²) in [5.41, 5.74) is 3.62. The van der Waals surface area contributed by atoms with Crippen LogP contribution in [0.4, 0.5) is 0 Å². The first kappa shape index (κ1) is 18.5. The first-order chi connectivity index (χ1) is 12.1. The summed E-state index contributed by atoms with van der Waals surface area (Å²) in [5.74, 6) is 0.780. The summed E-state index contributed by atoms with van der Waals surface area (Å²) in [4.78, 5) is 16.6. The van der Waals surface area contributed by atoms with Crippen molar-refractivity contribution >= 4 is 5.91 Å². The number of imidazole rings is 1. The quantitative estimate of drug-likeness (QED) is 0.562. The minimum Gasteiger partial charge on any atom is -0.347 e. The van der Waals surface area contributed by atoms with Crippen LogP contribution >= 0.6 is 0 Å². The maximum atomic E-state index is 11.8. The number of amides is 1. The van der Waals surface area contributed by atoms with Crippen LogP contribution in [0.3, 0.4) is 0 Å². The van der Waals surface area contributed by atoms with Crippen molar-refractivity contribution in [1.29, 1.82) is 0 Å². The van der Waals surface area contributed by atoms with Crippen LogP contribution < -0.4 is 5.32 Å². The van der Waals surface area contributed by atoms with Gasteiger partial charge in [-0.3, -0.25) is 4.79 Å². The Balaban J connectivity index is 2.36. The second-order valence-electron chi connectivity index (χ2n) is 5.94. The van der Waals surface area contributed by atoms with Crippen molar-refractivity contribution < 1.29 is 4.79 Å². The molecule has 1 aromatic carbocycles. The molecule has 0 bridgehead atoms. The second-order valence-corrected chi connectivity index (χ2v) is 5.94. The van der Waals surface area contributed by atoms with Crippen molar-refractivity contribution in [2.24, 2.45) is 0 Å². The number of hydrogen-bond donors (Lipinski definition) is 1. The van der Waals surface area contributed by atoms with Crippen molar-refractivity contribution in [2.45, 2.75) is 32.9 Å². The normalized spacial score (nSPS) is 10.3. The van der Waals surface area contributed by atoms with Gasteiger partial charge < -0.3 is 9.88 Å². The molecule has 4 nitrogen and oxygen atoms in total. The predicted octanol–water partition coefficient (Wildman–Crippen LogP) is 3.58. The molecule has 0 atom stereocenters. The number of allylic oxidation sites excluding steroid dienone is 2. The molecule has 2 rings (SSSR count). The Labute approximate surface area is 149 Å². The maximum absolute atomic E-state index is 11.8. The Bertz CT molecular complexity index is 772. The molecule has 0 fully saturated rings. The molecule has 1 heterocycles. The lowest BCUT2D eigenvalue weighted by molar-refractivity contribution is -0.117. The van der Waals surface area contributed by atoms with Crippen LogP contribution in [-0.4, -0.2) is 15.5 Å². The Morgan fingerprint density at radius 1 is 1.20 bits per heavy atom. The van der Waals surface area contributed by atoms with Crippen molar-refractivity contribution in [3.8, 4) is 0 Å². The van der Waals surface area contributed by atoms with E-state index in [9.17, 15) is 4.79 Å². The molecule has 0 aliphatic heterocycles. The fourth-order valence-electron chi connectivity index (χ4n) is 2.65. The molecule has 1 aromatic heterocycles. The molecular weight excluding hydrogens is 310 g/mol. The summed E-state index contributed by atoms with van der Waals surface area (Å²) in [7, 11) is 0. The molecule has 0 radical (unpaired) electrons. The summed E-state index contributed by atoms with van der Waals surface area (Å²) >= 11 is 0. The number of rotatable bonds is 9. The van der Waals surface area contributed by atoms with Gasteiger partial charge in [-0.1, -0.05) is 49.1 Å². The van der Waals surface area contributed by atoms with Crippen LogP contribution in [0.5, 0.6) is 0 Å². The van der Waals surface area contributed by atoms with Crippen LogP contribution in [0, 0.1) is 0 Å². The molecule has 0 unspecified atom stereocenters. The minimum absolute atomic E-state index is 0.160. The third kappa shape index (κ3) is 4.80. The van der Waals surface area contributed by atoms with E-state index < -0.39 is 0 Å². The van der Waals surface area contributed by atoms with E-state index >= 15 is 0 Å². The maximum Gasteiger partial charge on any atom is 0.246 e. The first-order valence-corrected chi connectivity index (χ1v) is 8.33. The van der Waals surface area contributed by atoms with E-state index in [0.717, 1.165) is 23.8 Å². The van der Waals surface area contributed by atoms with Gasteiger partial charge in [-0.05, 0) is 12.5 Å². The van der Waals surface area contributed by atoms with Gasteiger partial charge >= 0.3 is 0 Å². The SMILES string of the molecule is C=CCc1nc(CNC(=O)C(=C)C)c(CC=C)n1Cc1ccccc1. The third-order valence-electron chi connectivity index (χ3n) is 3.89. The molecule has 0 saturated heterocycles. The van der Waals surface area contributed by atoms with Crippen LogP contribution in [0.25, 0.3) is 0 Å². The average molecular weight is 335 g/mol. The second kappa shape index (κ2) is 8.83. The van der Waals surface area contributed by atoms with Crippen molar-refractivity contribution in [2.75, 3.05) is 0 Å². The van der Waals surface area contributed by atoms with Crippen LogP contribution in [0.1, 0.15) is 29.7 Å². The highest BCUT2D eigenvalue weighted by atomic mass is 16.1. The summed E-state index contributed by atoms with van der Waals surface area (Å²) < 4.78 is 2.20. The predicted molar refractivity (Wildman–Crippen MR) is 102 cm³/mol. The van der Waals surface area contributed by atoms with Gasteiger partial charge in [0, 0.05) is 30.7 Å². The molecule has 0 aliphatic rings. The van der Waals surface area contributed by atoms with Crippen molar-refractivity contribution in [3.63, 3.8) is 0 Å². The van der Waals surface area contributed by atoms with Gasteiger partial charge in [0.2, 0.25) is 5.91 Å². The zero-order valence-electron chi connectivity index (χ0n) is 14.8. The Hall–Kier alpha value is -2.88. The minimum atomic E-state index is -0.160. The summed E-state index contributed by atoms with van der Waals surface area (Å²) in [6.07, 6.45) is 5.07. The summed E-state index contributed by atoms with van der Waals surface area (Å²) in [6.45, 7) is 14.2. The Morgan fingerprint density at radius 3 is 2.48 bits per heavy atom. The number of carbonyl (C=O) groups is 1. The first-order valence-electron chi connectivity index (χ1n) is 8.33. The van der Waals surface area contributed by atoms with E-state index in [4.69, 9.17) is 4.98 Å². The summed E-state index contributed by atoms with van der Waals surface area (Å²) in [5, 5.41) is 2.87. The molecule has 4 heteroatoms. The number of nitrogens with one attached hydrogen (secondary N) is 1. The summed E-state index contributed by atoms with van der Waals surface area (Å²) in [6, 6.07) is 10.3. The molecular formula is C21H25N3O. The molecule has 2 aromatic rings. The fraction of sp³-hybridized carbons (Fsp3) is 0.238. The number of hydrogen-bond acceptors (Lipinski definition) is 2. The van der Waals surface area contributed by atoms with Gasteiger partial charge in [0.05, 0.1) is 12.2 Å². The molecule has 1 N–H and O–H groups in total. The molecule has 0 saturated carbocycles. The zero-order chi connectivity index (χ0) is 18.2. The van der Waals surface area contributed by atoms with E-state index in [2.05, 4.69) is 41.8 Å². The monoisotopic (exact) mass is 335 g/mol. The van der Waals surface area contributed by atoms with Gasteiger partial charge in [0.1, 0.15) is 5.82 Å². The zero-order valence-corrected chi connectivity index (χ0v) is 14.8. The van der Waals surface area contributed by atoms with Crippen molar-refractivity contribution in [1.82, 2.24) is 14.9 Å². The van der Waals surface area contributed by atoms with Gasteiger partial charge in [-0.25, -0.2) is 4.98 Å². The van der Waals surface area contributed by atoms with Gasteiger partial charge in [0.15, 0.2) is 0 Å². The lowest BCUT2D eigenvalue weighted by atomic mass is 10.2. The Morgan fingerprint density at radius 2 is 1.88 bits per heavy atom. The van der Waals surface area contributed by atoms with E-state index in [1.54, 1.807) is 6.92 Å². The highest BCUT2D eigenvalue weighted by molar-refractivity contribution is 5.91. The number of carbonyl (C=O) groups excluding carboxylic acids is 1. The lowest BCUT2D eigenvalue weighted by Gasteiger charge is -2.12. The number of nitrogens with zero attached hydrogens (tertiary/aromatic N) is 2. The van der Waals surface area contributed by atoms with E-state index in [1.807, 2.05) is 30.4 Å².